The molecule has 0 spiro atoms. The van der Waals surface area contributed by atoms with Crippen molar-refractivity contribution in [3.8, 4) is 0 Å². The molecule has 33 heavy (non-hydrogen) atoms. The number of fused-ring (bicyclic) bond motifs is 6. The molecule has 3 aliphatic heterocycles. The predicted octanol–water partition coefficient (Wildman–Crippen LogP) is 3.78. The molecule has 0 saturated carbocycles. The molecule has 3 aromatic carbocycles. The first-order valence-corrected chi connectivity index (χ1v) is 11.3. The Labute approximate surface area is 192 Å². The molecule has 6 heteroatoms. The zero-order valence-corrected chi connectivity index (χ0v) is 18.1. The smallest absolute Gasteiger partial charge is 0.260 e. The van der Waals surface area contributed by atoms with Crippen LogP contribution in [0.3, 0.4) is 0 Å². The van der Waals surface area contributed by atoms with Crippen molar-refractivity contribution in [1.82, 2.24) is 9.80 Å². The van der Waals surface area contributed by atoms with Crippen molar-refractivity contribution < 1.29 is 14.4 Å². The van der Waals surface area contributed by atoms with E-state index in [4.69, 9.17) is 0 Å². The lowest BCUT2D eigenvalue weighted by Gasteiger charge is -2.41. The summed E-state index contributed by atoms with van der Waals surface area (Å²) in [5.74, 6) is -0.229. The van der Waals surface area contributed by atoms with Crippen LogP contribution in [-0.4, -0.2) is 40.6 Å². The number of hydrogen-bond donors (Lipinski definition) is 0. The van der Waals surface area contributed by atoms with Gasteiger partial charge in [-0.25, -0.2) is 0 Å². The lowest BCUT2D eigenvalue weighted by atomic mass is 9.99. The normalized spacial score (nSPS) is 18.5. The summed E-state index contributed by atoms with van der Waals surface area (Å²) in [4.78, 5) is 45.1. The van der Waals surface area contributed by atoms with Gasteiger partial charge in [-0.05, 0) is 35.7 Å². The van der Waals surface area contributed by atoms with E-state index in [1.54, 1.807) is 28.0 Å². The van der Waals surface area contributed by atoms with Gasteiger partial charge in [0.1, 0.15) is 6.17 Å². The topological polar surface area (TPSA) is 60.9 Å². The summed E-state index contributed by atoms with van der Waals surface area (Å²) >= 11 is 0. The van der Waals surface area contributed by atoms with E-state index in [0.717, 1.165) is 12.0 Å². The number of benzene rings is 3. The van der Waals surface area contributed by atoms with Gasteiger partial charge >= 0.3 is 0 Å². The summed E-state index contributed by atoms with van der Waals surface area (Å²) in [5, 5.41) is 0. The van der Waals surface area contributed by atoms with Gasteiger partial charge in [0.25, 0.3) is 11.8 Å². The second-order valence-electron chi connectivity index (χ2n) is 8.74. The Hall–Kier alpha value is -3.93. The predicted molar refractivity (Wildman–Crippen MR) is 124 cm³/mol. The second kappa shape index (κ2) is 7.59. The van der Waals surface area contributed by atoms with Crippen molar-refractivity contribution in [2.24, 2.45) is 0 Å². The molecule has 6 nitrogen and oxygen atoms in total. The highest BCUT2D eigenvalue weighted by Crippen LogP contribution is 2.45. The van der Waals surface area contributed by atoms with E-state index in [1.165, 1.54) is 11.1 Å². The van der Waals surface area contributed by atoms with Gasteiger partial charge in [-0.1, -0.05) is 54.6 Å². The fourth-order valence-electron chi connectivity index (χ4n) is 5.28. The third-order valence-corrected chi connectivity index (χ3v) is 6.93. The van der Waals surface area contributed by atoms with Crippen molar-refractivity contribution >= 4 is 23.4 Å². The highest BCUT2D eigenvalue weighted by Gasteiger charge is 2.47. The molecule has 0 N–H and O–H groups in total. The van der Waals surface area contributed by atoms with E-state index in [2.05, 4.69) is 12.1 Å². The van der Waals surface area contributed by atoms with E-state index in [0.29, 0.717) is 29.9 Å². The van der Waals surface area contributed by atoms with Crippen molar-refractivity contribution in [2.45, 2.75) is 25.6 Å². The number of hydrogen-bond acceptors (Lipinski definition) is 3. The van der Waals surface area contributed by atoms with Crippen molar-refractivity contribution in [2.75, 3.05) is 18.0 Å². The van der Waals surface area contributed by atoms with Gasteiger partial charge in [0, 0.05) is 37.2 Å². The molecule has 3 amide bonds. The molecule has 0 aromatic heterocycles. The Morgan fingerprint density at radius 2 is 1.52 bits per heavy atom. The Bertz CT molecular complexity index is 1300. The SMILES string of the molecule is O=C(CCN1C(=O)c2ccccc2N2C(=O)c3ccccc3C12)N1CCc2ccccc2C1. The van der Waals surface area contributed by atoms with Crippen LogP contribution in [0.15, 0.2) is 72.8 Å². The first-order valence-electron chi connectivity index (χ1n) is 11.3. The summed E-state index contributed by atoms with van der Waals surface area (Å²) in [7, 11) is 0. The molecule has 6 rings (SSSR count). The first-order chi connectivity index (χ1) is 16.1. The highest BCUT2D eigenvalue weighted by molar-refractivity contribution is 6.16. The number of rotatable bonds is 3. The summed E-state index contributed by atoms with van der Waals surface area (Å²) in [6.07, 6.45) is 0.540. The molecule has 0 saturated heterocycles. The van der Waals surface area contributed by atoms with Gasteiger partial charge < -0.3 is 9.80 Å². The van der Waals surface area contributed by atoms with E-state index in [-0.39, 0.29) is 30.7 Å². The monoisotopic (exact) mass is 437 g/mol. The quantitative estimate of drug-likeness (QED) is 0.627. The second-order valence-corrected chi connectivity index (χ2v) is 8.74. The van der Waals surface area contributed by atoms with Crippen LogP contribution in [0.5, 0.6) is 0 Å². The lowest BCUT2D eigenvalue weighted by molar-refractivity contribution is -0.132. The van der Waals surface area contributed by atoms with E-state index in [9.17, 15) is 14.4 Å². The lowest BCUT2D eigenvalue weighted by Crippen LogP contribution is -2.49. The molecule has 0 fully saturated rings. The highest BCUT2D eigenvalue weighted by atomic mass is 16.2. The molecule has 0 radical (unpaired) electrons. The first kappa shape index (κ1) is 19.7. The van der Waals surface area contributed by atoms with Crippen molar-refractivity contribution in [3.63, 3.8) is 0 Å². The molecule has 3 heterocycles. The number of nitrogens with zero attached hydrogens (tertiary/aromatic N) is 3. The Morgan fingerprint density at radius 1 is 0.818 bits per heavy atom. The molecule has 1 atom stereocenters. The minimum Gasteiger partial charge on any atom is -0.338 e. The van der Waals surface area contributed by atoms with Crippen LogP contribution in [0, 0.1) is 0 Å². The molecule has 164 valence electrons. The number of carbonyl (C=O) groups is 3. The molecule has 3 aliphatic rings. The third kappa shape index (κ3) is 3.05. The molecule has 0 aliphatic carbocycles. The largest absolute Gasteiger partial charge is 0.338 e. The van der Waals surface area contributed by atoms with Gasteiger partial charge in [-0.3, -0.25) is 19.3 Å². The Morgan fingerprint density at radius 3 is 2.36 bits per heavy atom. The zero-order valence-electron chi connectivity index (χ0n) is 18.1. The minimum absolute atomic E-state index is 0.0281. The molecule has 3 aromatic rings. The van der Waals surface area contributed by atoms with Gasteiger partial charge in [0.05, 0.1) is 11.3 Å². The average molecular weight is 437 g/mol. The van der Waals surface area contributed by atoms with Crippen LogP contribution in [-0.2, 0) is 17.8 Å². The fourth-order valence-corrected chi connectivity index (χ4v) is 5.28. The number of anilines is 1. The van der Waals surface area contributed by atoms with Crippen LogP contribution in [0.4, 0.5) is 5.69 Å². The van der Waals surface area contributed by atoms with Gasteiger partial charge in [-0.15, -0.1) is 0 Å². The maximum Gasteiger partial charge on any atom is 0.260 e. The van der Waals surface area contributed by atoms with Crippen LogP contribution >= 0.6 is 0 Å². The maximum absolute atomic E-state index is 13.5. The van der Waals surface area contributed by atoms with Crippen LogP contribution in [0.25, 0.3) is 0 Å². The number of para-hydroxylation sites is 1. The van der Waals surface area contributed by atoms with Crippen LogP contribution in [0.1, 0.15) is 50.0 Å². The Kier molecular flexibility index (Phi) is 4.54. The summed E-state index contributed by atoms with van der Waals surface area (Å²) < 4.78 is 0. The van der Waals surface area contributed by atoms with Gasteiger partial charge in [0.15, 0.2) is 0 Å². The van der Waals surface area contributed by atoms with Gasteiger partial charge in [-0.2, -0.15) is 0 Å². The Balaban J connectivity index is 1.28. The molecular formula is C27H23N3O3. The fraction of sp³-hybridized carbons (Fsp3) is 0.222. The van der Waals surface area contributed by atoms with E-state index < -0.39 is 6.17 Å². The van der Waals surface area contributed by atoms with Crippen molar-refractivity contribution in [3.05, 3.63) is 101 Å². The molecular weight excluding hydrogens is 414 g/mol. The third-order valence-electron chi connectivity index (χ3n) is 6.93. The van der Waals surface area contributed by atoms with Crippen molar-refractivity contribution in [1.29, 1.82) is 0 Å². The summed E-state index contributed by atoms with van der Waals surface area (Å²) in [5.41, 5.74) is 5.02. The summed E-state index contributed by atoms with van der Waals surface area (Å²) in [6, 6.07) is 22.9. The summed E-state index contributed by atoms with van der Waals surface area (Å²) in [6.45, 7) is 1.54. The molecule has 1 unspecified atom stereocenters. The minimum atomic E-state index is -0.522. The van der Waals surface area contributed by atoms with Gasteiger partial charge in [0.2, 0.25) is 5.91 Å². The number of amides is 3. The van der Waals surface area contributed by atoms with E-state index in [1.807, 2.05) is 47.4 Å². The van der Waals surface area contributed by atoms with Crippen LogP contribution in [0.2, 0.25) is 0 Å². The standard InChI is InChI=1S/C27H23N3O3/c31-24(28-15-13-18-7-1-2-8-19(18)17-28)14-16-29-25-20-9-3-4-10-21(20)27(33)30(25)23-12-6-5-11-22(23)26(29)32/h1-12,25H,13-17H2. The van der Waals surface area contributed by atoms with E-state index >= 15 is 0 Å². The number of carbonyl (C=O) groups excluding carboxylic acids is 3. The zero-order chi connectivity index (χ0) is 22.5. The average Bonchev–Trinajstić information content (AvgIpc) is 3.16. The maximum atomic E-state index is 13.5. The van der Waals surface area contributed by atoms with Crippen LogP contribution < -0.4 is 4.90 Å². The molecule has 0 bridgehead atoms.